The maximum absolute atomic E-state index is 13.0. The molecule has 3 atom stereocenters. The molecule has 27 heavy (non-hydrogen) atoms. The molecule has 1 N–H and O–H groups in total. The van der Waals surface area contributed by atoms with Gasteiger partial charge in [-0.2, -0.15) is 0 Å². The number of nitrogens with zero attached hydrogens (tertiary/aromatic N) is 1. The molecular formula is C22H31NO4. The molecule has 1 saturated carbocycles. The Morgan fingerprint density at radius 3 is 2.48 bits per heavy atom. The van der Waals surface area contributed by atoms with Crippen LogP contribution in [0.1, 0.15) is 50.3 Å². The Kier molecular flexibility index (Phi) is 4.87. The van der Waals surface area contributed by atoms with Crippen LogP contribution < -0.4 is 4.74 Å². The fourth-order valence-corrected chi connectivity index (χ4v) is 4.66. The van der Waals surface area contributed by atoms with Crippen molar-refractivity contribution in [1.82, 2.24) is 4.90 Å². The summed E-state index contributed by atoms with van der Waals surface area (Å²) in [5.74, 6) is 0.295. The number of aliphatic hydroxyl groups is 1. The number of hydrogen-bond acceptors (Lipinski definition) is 4. The zero-order valence-corrected chi connectivity index (χ0v) is 17.3. The Hall–Kier alpha value is -1.88. The van der Waals surface area contributed by atoms with Gasteiger partial charge >= 0.3 is 0 Å². The number of hydrogen-bond donors (Lipinski definition) is 1. The van der Waals surface area contributed by atoms with Crippen LogP contribution in [-0.4, -0.2) is 41.1 Å². The van der Waals surface area contributed by atoms with Gasteiger partial charge in [0, 0.05) is 5.92 Å². The first kappa shape index (κ1) is 19.9. The van der Waals surface area contributed by atoms with E-state index in [4.69, 9.17) is 4.74 Å². The van der Waals surface area contributed by atoms with E-state index in [-0.39, 0.29) is 36.3 Å². The topological polar surface area (TPSA) is 66.8 Å². The number of fused-ring (bicyclic) bond motifs is 2. The second-order valence-corrected chi connectivity index (χ2v) is 9.02. The molecule has 1 aliphatic carbocycles. The average Bonchev–Trinajstić information content (AvgIpc) is 2.79. The highest BCUT2D eigenvalue weighted by Crippen LogP contribution is 2.60. The number of amides is 2. The molecule has 1 saturated heterocycles. The molecule has 1 aromatic carbocycles. The number of aryl methyl sites for hydroxylation is 2. The van der Waals surface area contributed by atoms with Crippen molar-refractivity contribution in [2.45, 2.75) is 60.5 Å². The molecule has 2 fully saturated rings. The molecule has 0 spiro atoms. The largest absolute Gasteiger partial charge is 0.490 e. The Bertz CT molecular complexity index is 785. The zero-order chi connectivity index (χ0) is 20.1. The average molecular weight is 373 g/mol. The van der Waals surface area contributed by atoms with Crippen LogP contribution in [-0.2, 0) is 9.59 Å². The van der Waals surface area contributed by atoms with Gasteiger partial charge in [0.2, 0.25) is 11.8 Å². The van der Waals surface area contributed by atoms with Gasteiger partial charge in [0.1, 0.15) is 18.5 Å². The third kappa shape index (κ3) is 2.96. The second-order valence-electron chi connectivity index (χ2n) is 9.02. The molecule has 5 heteroatoms. The molecule has 1 heterocycles. The number of imide groups is 1. The summed E-state index contributed by atoms with van der Waals surface area (Å²) in [6.07, 6.45) is 0.542. The van der Waals surface area contributed by atoms with Crippen LogP contribution in [0.25, 0.3) is 0 Å². The van der Waals surface area contributed by atoms with Crippen LogP contribution in [0, 0.1) is 37.5 Å². The molecule has 2 amide bonds. The first-order chi connectivity index (χ1) is 12.5. The van der Waals surface area contributed by atoms with Crippen LogP contribution in [0.4, 0.5) is 0 Å². The van der Waals surface area contributed by atoms with Gasteiger partial charge in [-0.3, -0.25) is 14.5 Å². The number of carbonyl (C=O) groups is 2. The minimum Gasteiger partial charge on any atom is -0.490 e. The van der Waals surface area contributed by atoms with Gasteiger partial charge in [-0.15, -0.1) is 0 Å². The van der Waals surface area contributed by atoms with Crippen molar-refractivity contribution in [3.8, 4) is 5.75 Å². The Morgan fingerprint density at radius 2 is 1.81 bits per heavy atom. The van der Waals surface area contributed by atoms with Gasteiger partial charge in [-0.25, -0.2) is 0 Å². The third-order valence-electron chi connectivity index (χ3n) is 7.19. The molecule has 3 rings (SSSR count). The van der Waals surface area contributed by atoms with E-state index in [2.05, 4.69) is 0 Å². The van der Waals surface area contributed by atoms with E-state index >= 15 is 0 Å². The summed E-state index contributed by atoms with van der Waals surface area (Å²) in [6.45, 7) is 12.0. The van der Waals surface area contributed by atoms with Crippen LogP contribution in [0.3, 0.4) is 0 Å². The Morgan fingerprint density at radius 1 is 1.19 bits per heavy atom. The molecule has 3 unspecified atom stereocenters. The number of likely N-dealkylation sites (tertiary alicyclic amines) is 1. The quantitative estimate of drug-likeness (QED) is 0.805. The fraction of sp³-hybridized carbons (Fsp3) is 0.636. The standard InChI is InChI=1S/C22H31NO4/c1-13-7-8-14(2)18(15(13)3)27-12-16(24)11-23-19(25)17-9-10-22(6,20(23)26)21(17,4)5/h7-8,16-17,24H,9-12H2,1-6H3. The molecular weight excluding hydrogens is 342 g/mol. The lowest BCUT2D eigenvalue weighted by Gasteiger charge is -2.48. The zero-order valence-electron chi connectivity index (χ0n) is 17.3. The predicted octanol–water partition coefficient (Wildman–Crippen LogP) is 3.16. The number of ether oxygens (including phenoxy) is 1. The van der Waals surface area contributed by atoms with E-state index in [9.17, 15) is 14.7 Å². The van der Waals surface area contributed by atoms with Crippen molar-refractivity contribution in [2.24, 2.45) is 16.7 Å². The van der Waals surface area contributed by atoms with Gasteiger partial charge in [0.05, 0.1) is 12.0 Å². The van der Waals surface area contributed by atoms with E-state index in [1.807, 2.05) is 53.7 Å². The summed E-state index contributed by atoms with van der Waals surface area (Å²) in [5, 5.41) is 10.5. The van der Waals surface area contributed by atoms with Gasteiger partial charge in [0.25, 0.3) is 0 Å². The van der Waals surface area contributed by atoms with Crippen LogP contribution in [0.5, 0.6) is 5.75 Å². The molecule has 148 valence electrons. The highest BCUT2D eigenvalue weighted by Gasteiger charge is 2.64. The van der Waals surface area contributed by atoms with Gasteiger partial charge in [-0.05, 0) is 55.7 Å². The minimum atomic E-state index is -0.915. The van der Waals surface area contributed by atoms with Crippen LogP contribution in [0.2, 0.25) is 0 Å². The first-order valence-electron chi connectivity index (χ1n) is 9.74. The molecule has 1 aliphatic heterocycles. The summed E-state index contributed by atoms with van der Waals surface area (Å²) in [4.78, 5) is 27.2. The van der Waals surface area contributed by atoms with Crippen molar-refractivity contribution in [3.05, 3.63) is 28.8 Å². The molecule has 1 aromatic rings. The number of benzene rings is 1. The summed E-state index contributed by atoms with van der Waals surface area (Å²) >= 11 is 0. The van der Waals surface area contributed by atoms with Crippen molar-refractivity contribution in [3.63, 3.8) is 0 Å². The number of rotatable bonds is 5. The minimum absolute atomic E-state index is 0.0102. The number of aliphatic hydroxyl groups excluding tert-OH is 1. The predicted molar refractivity (Wildman–Crippen MR) is 103 cm³/mol. The number of β-amino-alcohol motifs (C(OH)–C–C–N with tert-alkyl or cyclic N) is 1. The SMILES string of the molecule is Cc1ccc(C)c(OCC(O)CN2C(=O)C3CCC(C)(C2=O)C3(C)C)c1C. The number of carbonyl (C=O) groups excluding carboxylic acids is 2. The van der Waals surface area contributed by atoms with Crippen molar-refractivity contribution in [1.29, 1.82) is 0 Å². The maximum Gasteiger partial charge on any atom is 0.235 e. The normalized spacial score (nSPS) is 27.8. The van der Waals surface area contributed by atoms with E-state index in [0.717, 1.165) is 35.3 Å². The summed E-state index contributed by atoms with van der Waals surface area (Å²) < 4.78 is 5.86. The molecule has 2 bridgehead atoms. The summed E-state index contributed by atoms with van der Waals surface area (Å²) in [5.41, 5.74) is 2.28. The van der Waals surface area contributed by atoms with E-state index in [0.29, 0.717) is 0 Å². The molecule has 0 radical (unpaired) electrons. The second kappa shape index (κ2) is 6.62. The summed E-state index contributed by atoms with van der Waals surface area (Å²) in [6, 6.07) is 4.03. The molecule has 2 aliphatic rings. The maximum atomic E-state index is 13.0. The third-order valence-corrected chi connectivity index (χ3v) is 7.19. The molecule has 5 nitrogen and oxygen atoms in total. The first-order valence-corrected chi connectivity index (χ1v) is 9.74. The Balaban J connectivity index is 1.70. The van der Waals surface area contributed by atoms with Crippen molar-refractivity contribution < 1.29 is 19.4 Å². The van der Waals surface area contributed by atoms with Crippen molar-refractivity contribution in [2.75, 3.05) is 13.2 Å². The van der Waals surface area contributed by atoms with E-state index < -0.39 is 11.5 Å². The lowest BCUT2D eigenvalue weighted by Crippen LogP contribution is -2.60. The highest BCUT2D eigenvalue weighted by atomic mass is 16.5. The van der Waals surface area contributed by atoms with E-state index in [1.54, 1.807) is 0 Å². The van der Waals surface area contributed by atoms with E-state index in [1.165, 1.54) is 4.90 Å². The Labute approximate surface area is 161 Å². The van der Waals surface area contributed by atoms with Crippen LogP contribution in [0.15, 0.2) is 12.1 Å². The monoisotopic (exact) mass is 373 g/mol. The van der Waals surface area contributed by atoms with Gasteiger partial charge < -0.3 is 9.84 Å². The highest BCUT2D eigenvalue weighted by molar-refractivity contribution is 6.03. The lowest BCUT2D eigenvalue weighted by molar-refractivity contribution is -0.169. The lowest BCUT2D eigenvalue weighted by atomic mass is 9.62. The van der Waals surface area contributed by atoms with Crippen molar-refractivity contribution >= 4 is 11.8 Å². The molecule has 0 aromatic heterocycles. The number of piperidine rings is 1. The van der Waals surface area contributed by atoms with Gasteiger partial charge in [0.15, 0.2) is 0 Å². The fourth-order valence-electron chi connectivity index (χ4n) is 4.66. The van der Waals surface area contributed by atoms with Crippen LogP contribution >= 0.6 is 0 Å². The smallest absolute Gasteiger partial charge is 0.235 e. The summed E-state index contributed by atoms with van der Waals surface area (Å²) in [7, 11) is 0. The van der Waals surface area contributed by atoms with Gasteiger partial charge in [-0.1, -0.05) is 32.9 Å².